The van der Waals surface area contributed by atoms with Crippen LogP contribution in [0.15, 0.2) is 47.6 Å². The highest BCUT2D eigenvalue weighted by Crippen LogP contribution is 2.47. The predicted molar refractivity (Wildman–Crippen MR) is 84.7 cm³/mol. The van der Waals surface area contributed by atoms with Gasteiger partial charge in [-0.3, -0.25) is 0 Å². The molecule has 4 aliphatic rings. The van der Waals surface area contributed by atoms with Gasteiger partial charge in [0.05, 0.1) is 17.7 Å². The molecule has 1 saturated heterocycles. The standard InChI is InChI=1S/C17H19NO2S/c19-17(20)11-5-6-15-13-4-2-1-3-12(13)14-10-21-8-7-16(14)18(15)9-11/h2,4-9,12-16H,1,3,10H2,(H,19,20). The third kappa shape index (κ3) is 2.08. The molecule has 3 heterocycles. The zero-order chi connectivity index (χ0) is 14.4. The van der Waals surface area contributed by atoms with E-state index >= 15 is 0 Å². The van der Waals surface area contributed by atoms with Crippen LogP contribution in [0.2, 0.25) is 0 Å². The first-order valence-corrected chi connectivity index (χ1v) is 8.66. The minimum absolute atomic E-state index is 0.309. The van der Waals surface area contributed by atoms with Crippen molar-refractivity contribution in [2.45, 2.75) is 24.9 Å². The maximum Gasteiger partial charge on any atom is 0.337 e. The molecule has 0 bridgehead atoms. The Morgan fingerprint density at radius 2 is 2.14 bits per heavy atom. The summed E-state index contributed by atoms with van der Waals surface area (Å²) < 4.78 is 0. The van der Waals surface area contributed by atoms with Crippen molar-refractivity contribution in [3.63, 3.8) is 0 Å². The molecular weight excluding hydrogens is 282 g/mol. The molecule has 0 amide bonds. The van der Waals surface area contributed by atoms with Gasteiger partial charge >= 0.3 is 5.97 Å². The number of hydrogen-bond donors (Lipinski definition) is 1. The average Bonchev–Trinajstić information content (AvgIpc) is 2.54. The van der Waals surface area contributed by atoms with Crippen LogP contribution in [-0.2, 0) is 4.79 Å². The molecule has 110 valence electrons. The molecule has 3 nitrogen and oxygen atoms in total. The first-order chi connectivity index (χ1) is 10.3. The van der Waals surface area contributed by atoms with Crippen LogP contribution in [0.1, 0.15) is 12.8 Å². The van der Waals surface area contributed by atoms with Crippen molar-refractivity contribution >= 4 is 17.7 Å². The van der Waals surface area contributed by atoms with Crippen LogP contribution in [0.5, 0.6) is 0 Å². The summed E-state index contributed by atoms with van der Waals surface area (Å²) in [5.41, 5.74) is 0.398. The normalized spacial score (nSPS) is 40.1. The lowest BCUT2D eigenvalue weighted by atomic mass is 9.66. The van der Waals surface area contributed by atoms with Crippen LogP contribution < -0.4 is 0 Å². The van der Waals surface area contributed by atoms with Gasteiger partial charge in [0.1, 0.15) is 0 Å². The smallest absolute Gasteiger partial charge is 0.337 e. The number of allylic oxidation sites excluding steroid dienone is 1. The third-order valence-electron chi connectivity index (χ3n) is 5.26. The number of piperidine rings is 1. The lowest BCUT2D eigenvalue weighted by molar-refractivity contribution is -0.132. The highest BCUT2D eigenvalue weighted by molar-refractivity contribution is 8.02. The minimum atomic E-state index is -0.836. The molecule has 3 aliphatic heterocycles. The summed E-state index contributed by atoms with van der Waals surface area (Å²) in [6.07, 6.45) is 15.1. The van der Waals surface area contributed by atoms with Crippen molar-refractivity contribution in [1.82, 2.24) is 4.90 Å². The molecule has 4 rings (SSSR count). The van der Waals surface area contributed by atoms with E-state index in [1.54, 1.807) is 6.08 Å². The van der Waals surface area contributed by atoms with Crippen LogP contribution in [0.25, 0.3) is 0 Å². The molecule has 1 N–H and O–H groups in total. The number of aliphatic carboxylic acids is 1. The minimum Gasteiger partial charge on any atom is -0.478 e. The number of hydrogen-bond acceptors (Lipinski definition) is 3. The van der Waals surface area contributed by atoms with E-state index in [2.05, 4.69) is 34.6 Å². The van der Waals surface area contributed by atoms with Crippen molar-refractivity contribution in [1.29, 1.82) is 0 Å². The lowest BCUT2D eigenvalue weighted by Gasteiger charge is -2.54. The summed E-state index contributed by atoms with van der Waals surface area (Å²) in [5, 5.41) is 11.5. The molecule has 0 radical (unpaired) electrons. The first kappa shape index (κ1) is 13.3. The van der Waals surface area contributed by atoms with E-state index in [0.29, 0.717) is 29.5 Å². The van der Waals surface area contributed by atoms with Gasteiger partial charge in [0, 0.05) is 17.9 Å². The Balaban J connectivity index is 1.76. The SMILES string of the molecule is O=C(O)C1=CN2C(C=C1)C1C=CCCC1C1CSC=CC12. The molecule has 0 aromatic rings. The Morgan fingerprint density at radius 1 is 1.24 bits per heavy atom. The van der Waals surface area contributed by atoms with Gasteiger partial charge in [0.2, 0.25) is 0 Å². The molecule has 4 heteroatoms. The summed E-state index contributed by atoms with van der Waals surface area (Å²) in [4.78, 5) is 13.6. The second-order valence-electron chi connectivity index (χ2n) is 6.25. The van der Waals surface area contributed by atoms with Crippen LogP contribution in [0.4, 0.5) is 0 Å². The molecular formula is C17H19NO2S. The van der Waals surface area contributed by atoms with Crippen LogP contribution >= 0.6 is 11.8 Å². The molecule has 0 saturated carbocycles. The summed E-state index contributed by atoms with van der Waals surface area (Å²) >= 11 is 1.90. The first-order valence-electron chi connectivity index (χ1n) is 7.61. The molecule has 0 aromatic heterocycles. The van der Waals surface area contributed by atoms with Gasteiger partial charge in [0.15, 0.2) is 0 Å². The van der Waals surface area contributed by atoms with Gasteiger partial charge in [-0.15, -0.1) is 11.8 Å². The fraction of sp³-hybridized carbons (Fsp3) is 0.471. The summed E-state index contributed by atoms with van der Waals surface area (Å²) in [7, 11) is 0. The second kappa shape index (κ2) is 5.09. The van der Waals surface area contributed by atoms with E-state index < -0.39 is 5.97 Å². The van der Waals surface area contributed by atoms with E-state index in [1.807, 2.05) is 18.0 Å². The van der Waals surface area contributed by atoms with Crippen molar-refractivity contribution < 1.29 is 9.90 Å². The summed E-state index contributed by atoms with van der Waals surface area (Å²) in [6, 6.07) is 0.659. The van der Waals surface area contributed by atoms with Crippen molar-refractivity contribution in [2.75, 3.05) is 5.75 Å². The van der Waals surface area contributed by atoms with E-state index in [4.69, 9.17) is 0 Å². The number of nitrogens with zero attached hydrogens (tertiary/aromatic N) is 1. The number of carboxylic acid groups (broad SMARTS) is 1. The Morgan fingerprint density at radius 3 is 3.00 bits per heavy atom. The zero-order valence-corrected chi connectivity index (χ0v) is 12.6. The van der Waals surface area contributed by atoms with Crippen molar-refractivity contribution in [3.8, 4) is 0 Å². The van der Waals surface area contributed by atoms with Gasteiger partial charge < -0.3 is 10.0 Å². The highest BCUT2D eigenvalue weighted by Gasteiger charge is 2.47. The maximum atomic E-state index is 11.3. The zero-order valence-electron chi connectivity index (χ0n) is 11.8. The average molecular weight is 301 g/mol. The largest absolute Gasteiger partial charge is 0.478 e. The quantitative estimate of drug-likeness (QED) is 0.756. The van der Waals surface area contributed by atoms with Gasteiger partial charge in [-0.25, -0.2) is 4.79 Å². The predicted octanol–water partition coefficient (Wildman–Crippen LogP) is 3.04. The lowest BCUT2D eigenvalue weighted by Crippen LogP contribution is -2.57. The van der Waals surface area contributed by atoms with Crippen LogP contribution in [-0.4, -0.2) is 33.8 Å². The van der Waals surface area contributed by atoms with Crippen molar-refractivity contribution in [3.05, 3.63) is 47.6 Å². The number of carbonyl (C=O) groups is 1. The molecule has 5 unspecified atom stereocenters. The van der Waals surface area contributed by atoms with E-state index in [0.717, 1.165) is 11.7 Å². The molecule has 0 aromatic carbocycles. The maximum absolute atomic E-state index is 11.3. The van der Waals surface area contributed by atoms with E-state index in [1.165, 1.54) is 12.8 Å². The van der Waals surface area contributed by atoms with Gasteiger partial charge in [-0.2, -0.15) is 0 Å². The fourth-order valence-corrected chi connectivity index (χ4v) is 5.36. The highest BCUT2D eigenvalue weighted by atomic mass is 32.2. The Labute approximate surface area is 129 Å². The Bertz CT molecular complexity index is 577. The molecule has 1 aliphatic carbocycles. The molecule has 5 atom stereocenters. The van der Waals surface area contributed by atoms with Gasteiger partial charge in [0.25, 0.3) is 0 Å². The van der Waals surface area contributed by atoms with E-state index in [9.17, 15) is 9.90 Å². The number of thioether (sulfide) groups is 1. The fourth-order valence-electron chi connectivity index (χ4n) is 4.31. The topological polar surface area (TPSA) is 40.5 Å². The van der Waals surface area contributed by atoms with Crippen LogP contribution in [0, 0.1) is 17.8 Å². The number of carboxylic acids is 1. The van der Waals surface area contributed by atoms with Gasteiger partial charge in [-0.05, 0) is 36.2 Å². The Kier molecular flexibility index (Phi) is 3.21. The van der Waals surface area contributed by atoms with Gasteiger partial charge in [-0.1, -0.05) is 24.3 Å². The monoisotopic (exact) mass is 301 g/mol. The number of fused-ring (bicyclic) bond motifs is 6. The van der Waals surface area contributed by atoms with Crippen molar-refractivity contribution in [2.24, 2.45) is 17.8 Å². The van der Waals surface area contributed by atoms with E-state index in [-0.39, 0.29) is 0 Å². The summed E-state index contributed by atoms with van der Waals surface area (Å²) in [6.45, 7) is 0. The molecule has 0 spiro atoms. The summed E-state index contributed by atoms with van der Waals surface area (Å²) in [5.74, 6) is 2.19. The molecule has 1 fully saturated rings. The Hall–Kier alpha value is -1.42. The second-order valence-corrected chi connectivity index (χ2v) is 7.19. The molecule has 21 heavy (non-hydrogen) atoms. The third-order valence-corrected chi connectivity index (χ3v) is 6.19. The number of rotatable bonds is 1. The van der Waals surface area contributed by atoms with Crippen LogP contribution in [0.3, 0.4) is 0 Å².